The number of rotatable bonds is 6. The van der Waals surface area contributed by atoms with E-state index in [9.17, 15) is 9.59 Å². The fourth-order valence-electron chi connectivity index (χ4n) is 1.87. The summed E-state index contributed by atoms with van der Waals surface area (Å²) in [6.07, 6.45) is 2.81. The summed E-state index contributed by atoms with van der Waals surface area (Å²) in [5, 5.41) is 3.25. The van der Waals surface area contributed by atoms with Gasteiger partial charge in [-0.25, -0.2) is 4.79 Å². The normalized spacial score (nSPS) is 10.5. The third-order valence-corrected chi connectivity index (χ3v) is 3.79. The number of benzene rings is 2. The lowest BCUT2D eigenvalue weighted by Crippen LogP contribution is -2.20. The van der Waals surface area contributed by atoms with E-state index in [0.29, 0.717) is 21.5 Å². The molecule has 1 N–H and O–H groups in total. The molecule has 0 saturated heterocycles. The molecular weight excluding hydrogens is 365 g/mol. The molecule has 0 unspecified atom stereocenters. The van der Waals surface area contributed by atoms with Crippen LogP contribution in [-0.2, 0) is 14.3 Å². The predicted molar refractivity (Wildman–Crippen MR) is 98.1 cm³/mol. The number of ether oxygens (including phenoxy) is 2. The lowest BCUT2D eigenvalue weighted by Gasteiger charge is -2.06. The zero-order valence-corrected chi connectivity index (χ0v) is 14.8. The van der Waals surface area contributed by atoms with Crippen LogP contribution in [0.4, 0.5) is 5.69 Å². The molecule has 2 aromatic carbocycles. The van der Waals surface area contributed by atoms with Crippen molar-refractivity contribution in [3.05, 3.63) is 64.1 Å². The van der Waals surface area contributed by atoms with E-state index >= 15 is 0 Å². The second-order valence-electron chi connectivity index (χ2n) is 4.89. The highest BCUT2D eigenvalue weighted by Gasteiger charge is 2.07. The maximum Gasteiger partial charge on any atom is 0.331 e. The highest BCUT2D eigenvalue weighted by atomic mass is 35.5. The van der Waals surface area contributed by atoms with Crippen LogP contribution in [0, 0.1) is 0 Å². The topological polar surface area (TPSA) is 64.6 Å². The summed E-state index contributed by atoms with van der Waals surface area (Å²) in [5.41, 5.74) is 1.24. The van der Waals surface area contributed by atoms with Crippen molar-refractivity contribution in [2.75, 3.05) is 19.0 Å². The fraction of sp³-hybridized carbons (Fsp3) is 0.111. The van der Waals surface area contributed by atoms with Crippen LogP contribution in [0.25, 0.3) is 6.08 Å². The summed E-state index contributed by atoms with van der Waals surface area (Å²) >= 11 is 11.7. The van der Waals surface area contributed by atoms with E-state index < -0.39 is 18.5 Å². The number of halogens is 2. The Labute approximate surface area is 155 Å². The van der Waals surface area contributed by atoms with Crippen LogP contribution < -0.4 is 10.1 Å². The molecule has 0 spiro atoms. The lowest BCUT2D eigenvalue weighted by molar-refractivity contribution is -0.142. The fourth-order valence-corrected chi connectivity index (χ4v) is 2.16. The Balaban J connectivity index is 1.83. The maximum absolute atomic E-state index is 11.8. The number of methoxy groups -OCH3 is 1. The SMILES string of the molecule is COc1cccc(/C=C/C(=O)OCC(=O)Nc2ccc(Cl)c(Cl)c2)c1. The first kappa shape index (κ1) is 18.8. The van der Waals surface area contributed by atoms with Crippen molar-refractivity contribution in [3.63, 3.8) is 0 Å². The second kappa shape index (κ2) is 9.11. The van der Waals surface area contributed by atoms with Gasteiger partial charge in [0, 0.05) is 11.8 Å². The van der Waals surface area contributed by atoms with Gasteiger partial charge in [-0.2, -0.15) is 0 Å². The molecule has 7 heteroatoms. The van der Waals surface area contributed by atoms with Crippen LogP contribution in [0.3, 0.4) is 0 Å². The van der Waals surface area contributed by atoms with Crippen LogP contribution in [-0.4, -0.2) is 25.6 Å². The molecule has 0 fully saturated rings. The molecule has 5 nitrogen and oxygen atoms in total. The van der Waals surface area contributed by atoms with Gasteiger partial charge in [-0.1, -0.05) is 35.3 Å². The Hall–Kier alpha value is -2.50. The molecule has 25 heavy (non-hydrogen) atoms. The average molecular weight is 380 g/mol. The number of carbonyl (C=O) groups is 2. The number of hydrogen-bond acceptors (Lipinski definition) is 4. The summed E-state index contributed by atoms with van der Waals surface area (Å²) in [4.78, 5) is 23.4. The van der Waals surface area contributed by atoms with Gasteiger partial charge in [-0.05, 0) is 42.0 Å². The van der Waals surface area contributed by atoms with Gasteiger partial charge in [0.05, 0.1) is 17.2 Å². The number of amides is 1. The molecule has 0 radical (unpaired) electrons. The van der Waals surface area contributed by atoms with Gasteiger partial charge < -0.3 is 14.8 Å². The van der Waals surface area contributed by atoms with Gasteiger partial charge in [0.25, 0.3) is 5.91 Å². The minimum Gasteiger partial charge on any atom is -0.497 e. The molecule has 1 amide bonds. The van der Waals surface area contributed by atoms with E-state index in [-0.39, 0.29) is 0 Å². The van der Waals surface area contributed by atoms with Crippen LogP contribution in [0.15, 0.2) is 48.5 Å². The second-order valence-corrected chi connectivity index (χ2v) is 5.71. The average Bonchev–Trinajstić information content (AvgIpc) is 2.61. The molecule has 0 aliphatic heterocycles. The van der Waals surface area contributed by atoms with E-state index in [0.717, 1.165) is 5.56 Å². The van der Waals surface area contributed by atoms with Crippen molar-refractivity contribution in [1.82, 2.24) is 0 Å². The summed E-state index contributed by atoms with van der Waals surface area (Å²) in [5.74, 6) is -0.440. The van der Waals surface area contributed by atoms with Gasteiger partial charge in [-0.15, -0.1) is 0 Å². The highest BCUT2D eigenvalue weighted by Crippen LogP contribution is 2.24. The molecule has 2 rings (SSSR count). The molecule has 0 aromatic heterocycles. The van der Waals surface area contributed by atoms with Crippen LogP contribution >= 0.6 is 23.2 Å². The van der Waals surface area contributed by atoms with E-state index in [2.05, 4.69) is 5.32 Å². The van der Waals surface area contributed by atoms with Gasteiger partial charge >= 0.3 is 5.97 Å². The number of esters is 1. The van der Waals surface area contributed by atoms with E-state index in [4.69, 9.17) is 32.7 Å². The minimum absolute atomic E-state index is 0.317. The van der Waals surface area contributed by atoms with Gasteiger partial charge in [0.15, 0.2) is 6.61 Å². The van der Waals surface area contributed by atoms with Crippen molar-refractivity contribution in [3.8, 4) is 5.75 Å². The van der Waals surface area contributed by atoms with Crippen molar-refractivity contribution < 1.29 is 19.1 Å². The third kappa shape index (κ3) is 6.14. The monoisotopic (exact) mass is 379 g/mol. The smallest absolute Gasteiger partial charge is 0.331 e. The lowest BCUT2D eigenvalue weighted by atomic mass is 10.2. The largest absolute Gasteiger partial charge is 0.497 e. The predicted octanol–water partition coefficient (Wildman–Crippen LogP) is 4.20. The Morgan fingerprint density at radius 1 is 1.12 bits per heavy atom. The number of anilines is 1. The zero-order valence-electron chi connectivity index (χ0n) is 13.3. The van der Waals surface area contributed by atoms with Crippen molar-refractivity contribution in [2.24, 2.45) is 0 Å². The summed E-state index contributed by atoms with van der Waals surface area (Å²) in [7, 11) is 1.56. The molecule has 0 saturated carbocycles. The van der Waals surface area contributed by atoms with Crippen molar-refractivity contribution >= 4 is 46.8 Å². The van der Waals surface area contributed by atoms with E-state index in [1.807, 2.05) is 6.07 Å². The Morgan fingerprint density at radius 2 is 1.92 bits per heavy atom. The first-order valence-electron chi connectivity index (χ1n) is 7.22. The van der Waals surface area contributed by atoms with Crippen LogP contribution in [0.2, 0.25) is 10.0 Å². The highest BCUT2D eigenvalue weighted by molar-refractivity contribution is 6.42. The van der Waals surface area contributed by atoms with Crippen LogP contribution in [0.5, 0.6) is 5.75 Å². The summed E-state index contributed by atoms with van der Waals surface area (Å²) in [6.45, 7) is -0.415. The van der Waals surface area contributed by atoms with Crippen molar-refractivity contribution in [1.29, 1.82) is 0 Å². The zero-order chi connectivity index (χ0) is 18.2. The molecule has 0 atom stereocenters. The molecular formula is C18H15Cl2NO4. The van der Waals surface area contributed by atoms with E-state index in [1.54, 1.807) is 43.5 Å². The van der Waals surface area contributed by atoms with Gasteiger partial charge in [0.2, 0.25) is 0 Å². The van der Waals surface area contributed by atoms with Gasteiger partial charge in [-0.3, -0.25) is 4.79 Å². The molecule has 0 aliphatic carbocycles. The number of hydrogen-bond donors (Lipinski definition) is 1. The first-order chi connectivity index (χ1) is 12.0. The van der Waals surface area contributed by atoms with E-state index in [1.165, 1.54) is 12.1 Å². The number of nitrogens with one attached hydrogen (secondary N) is 1. The number of carbonyl (C=O) groups excluding carboxylic acids is 2. The summed E-state index contributed by atoms with van der Waals surface area (Å²) in [6, 6.07) is 11.8. The first-order valence-corrected chi connectivity index (χ1v) is 7.97. The van der Waals surface area contributed by atoms with Crippen LogP contribution in [0.1, 0.15) is 5.56 Å². The molecule has 130 valence electrons. The molecule has 0 bridgehead atoms. The third-order valence-electron chi connectivity index (χ3n) is 3.05. The van der Waals surface area contributed by atoms with Gasteiger partial charge in [0.1, 0.15) is 5.75 Å². The quantitative estimate of drug-likeness (QED) is 0.603. The molecule has 0 aliphatic rings. The molecule has 0 heterocycles. The molecule has 2 aromatic rings. The minimum atomic E-state index is -0.632. The Kier molecular flexibility index (Phi) is 6.86. The summed E-state index contributed by atoms with van der Waals surface area (Å²) < 4.78 is 9.97. The maximum atomic E-state index is 11.8. The Bertz CT molecular complexity index is 805. The Morgan fingerprint density at radius 3 is 2.64 bits per heavy atom. The standard InChI is InChI=1S/C18H15Cl2NO4/c1-24-14-4-2-3-12(9-14)5-8-18(23)25-11-17(22)21-13-6-7-15(19)16(20)10-13/h2-10H,11H2,1H3,(H,21,22)/b8-5+. The van der Waals surface area contributed by atoms with Crippen molar-refractivity contribution in [2.45, 2.75) is 0 Å².